The van der Waals surface area contributed by atoms with Crippen LogP contribution >= 0.6 is 0 Å². The lowest BCUT2D eigenvalue weighted by Crippen LogP contribution is -2.43. The van der Waals surface area contributed by atoms with Gasteiger partial charge in [0.25, 0.3) is 15.9 Å². The Hall–Kier alpha value is -3.32. The molecule has 37 heavy (non-hydrogen) atoms. The molecule has 0 saturated carbocycles. The normalized spacial score (nSPS) is 14.0. The summed E-state index contributed by atoms with van der Waals surface area (Å²) in [6.45, 7) is 9.64. The average Bonchev–Trinajstić information content (AvgIpc) is 2.84. The first-order valence-corrected chi connectivity index (χ1v) is 13.1. The Kier molecular flexibility index (Phi) is 10.3. The van der Waals surface area contributed by atoms with E-state index in [1.165, 1.54) is 0 Å². The van der Waals surface area contributed by atoms with Crippen molar-refractivity contribution in [1.82, 2.24) is 10.6 Å². The van der Waals surface area contributed by atoms with E-state index in [9.17, 15) is 26.4 Å². The van der Waals surface area contributed by atoms with Gasteiger partial charge >= 0.3 is 12.1 Å². The first-order valence-electron chi connectivity index (χ1n) is 11.6. The number of carboxylic acid groups (broad SMARTS) is 1. The molecule has 1 fully saturated rings. The highest BCUT2D eigenvalue weighted by Crippen LogP contribution is 2.30. The van der Waals surface area contributed by atoms with Crippen molar-refractivity contribution in [3.05, 3.63) is 53.6 Å². The molecule has 0 aliphatic carbocycles. The maximum Gasteiger partial charge on any atom is 0.490 e. The second-order valence-electron chi connectivity index (χ2n) is 8.46. The fourth-order valence-corrected chi connectivity index (χ4v) is 4.50. The summed E-state index contributed by atoms with van der Waals surface area (Å²) in [5.41, 5.74) is 2.68. The molecule has 204 valence electrons. The molecule has 13 heteroatoms. The zero-order valence-electron chi connectivity index (χ0n) is 20.7. The van der Waals surface area contributed by atoms with Crippen LogP contribution in [0.2, 0.25) is 0 Å². The van der Waals surface area contributed by atoms with Crippen LogP contribution in [0.3, 0.4) is 0 Å². The van der Waals surface area contributed by atoms with Crippen LogP contribution in [0.4, 0.5) is 24.5 Å². The zero-order chi connectivity index (χ0) is 27.8. The zero-order valence-corrected chi connectivity index (χ0v) is 21.5. The Balaban J connectivity index is 0.000000604. The fourth-order valence-electron chi connectivity index (χ4n) is 3.44. The highest BCUT2D eigenvalue weighted by Gasteiger charge is 2.38. The summed E-state index contributed by atoms with van der Waals surface area (Å²) >= 11 is 0. The summed E-state index contributed by atoms with van der Waals surface area (Å²) in [5.74, 6) is -2.67. The third-order valence-electron chi connectivity index (χ3n) is 5.40. The Bertz CT molecular complexity index is 1180. The van der Waals surface area contributed by atoms with Crippen molar-refractivity contribution in [2.45, 2.75) is 37.8 Å². The van der Waals surface area contributed by atoms with Gasteiger partial charge in [0.15, 0.2) is 0 Å². The minimum atomic E-state index is -5.08. The van der Waals surface area contributed by atoms with E-state index < -0.39 is 22.2 Å². The van der Waals surface area contributed by atoms with Crippen molar-refractivity contribution in [2.75, 3.05) is 42.3 Å². The molecular weight excluding hydrogens is 513 g/mol. The van der Waals surface area contributed by atoms with Crippen LogP contribution in [0.25, 0.3) is 0 Å². The maximum absolute atomic E-state index is 13.1. The molecule has 0 bridgehead atoms. The van der Waals surface area contributed by atoms with E-state index in [-0.39, 0.29) is 10.8 Å². The van der Waals surface area contributed by atoms with Crippen molar-refractivity contribution in [3.8, 4) is 0 Å². The van der Waals surface area contributed by atoms with Gasteiger partial charge in [-0.3, -0.25) is 9.52 Å². The Morgan fingerprint density at radius 1 is 1.08 bits per heavy atom. The second-order valence-corrected chi connectivity index (χ2v) is 10.1. The van der Waals surface area contributed by atoms with Gasteiger partial charge in [-0.1, -0.05) is 26.0 Å². The molecule has 1 aliphatic rings. The van der Waals surface area contributed by atoms with Gasteiger partial charge in [0.1, 0.15) is 0 Å². The molecule has 0 atom stereocenters. The molecule has 1 saturated heterocycles. The number of hydrogen-bond acceptors (Lipinski definition) is 6. The molecule has 4 N–H and O–H groups in total. The van der Waals surface area contributed by atoms with Gasteiger partial charge in [-0.15, -0.1) is 0 Å². The van der Waals surface area contributed by atoms with E-state index in [0.29, 0.717) is 23.7 Å². The monoisotopic (exact) mass is 544 g/mol. The minimum Gasteiger partial charge on any atom is -0.475 e. The third kappa shape index (κ3) is 8.64. The molecule has 0 aromatic heterocycles. The van der Waals surface area contributed by atoms with Gasteiger partial charge in [-0.25, -0.2) is 13.2 Å². The minimum absolute atomic E-state index is 0.196. The first-order chi connectivity index (χ1) is 17.3. The molecule has 1 aliphatic heterocycles. The Labute approximate surface area is 214 Å². The van der Waals surface area contributed by atoms with Gasteiger partial charge < -0.3 is 20.6 Å². The predicted molar refractivity (Wildman–Crippen MR) is 135 cm³/mol. The fraction of sp³-hybridized carbons (Fsp3) is 0.417. The maximum atomic E-state index is 13.1. The smallest absolute Gasteiger partial charge is 0.475 e. The predicted octanol–water partition coefficient (Wildman–Crippen LogP) is 3.40. The summed E-state index contributed by atoms with van der Waals surface area (Å²) in [7, 11) is -3.80. The van der Waals surface area contributed by atoms with Crippen LogP contribution in [-0.4, -0.2) is 64.3 Å². The molecule has 2 aromatic carbocycles. The van der Waals surface area contributed by atoms with Gasteiger partial charge in [0, 0.05) is 38.3 Å². The largest absolute Gasteiger partial charge is 0.490 e. The van der Waals surface area contributed by atoms with Crippen LogP contribution in [0.15, 0.2) is 47.4 Å². The lowest BCUT2D eigenvalue weighted by atomic mass is 10.0. The number of carbonyl (C=O) groups excluding carboxylic acids is 1. The van der Waals surface area contributed by atoms with Crippen molar-refractivity contribution in [2.24, 2.45) is 0 Å². The number of rotatable bonds is 7. The summed E-state index contributed by atoms with van der Waals surface area (Å²) in [5, 5.41) is 13.2. The van der Waals surface area contributed by atoms with Crippen molar-refractivity contribution in [1.29, 1.82) is 0 Å². The lowest BCUT2D eigenvalue weighted by molar-refractivity contribution is -0.192. The highest BCUT2D eigenvalue weighted by atomic mass is 32.2. The molecule has 1 amide bonds. The SMILES string of the molecule is CCNC(=O)c1ccc(N2CCNCC2)c(NS(=O)(=O)c2ccc(C(C)C)cc2)c1.O=C(O)C(F)(F)F. The standard InChI is InChI=1S/C22H30N4O3S.C2HF3O2/c1-4-24-22(27)18-7-10-21(26-13-11-23-12-14-26)20(15-18)25-30(28,29)19-8-5-17(6-9-19)16(2)3;3-2(4,5)1(6)7/h5-10,15-16,23,25H,4,11-14H2,1-3H3,(H,24,27);(H,6,7). The number of nitrogens with zero attached hydrogens (tertiary/aromatic N) is 1. The average molecular weight is 545 g/mol. The number of hydrogen-bond donors (Lipinski definition) is 4. The molecule has 0 spiro atoms. The van der Waals surface area contributed by atoms with Gasteiger partial charge in [-0.05, 0) is 48.7 Å². The molecule has 9 nitrogen and oxygen atoms in total. The first kappa shape index (κ1) is 29.9. The molecule has 3 rings (SSSR count). The number of aliphatic carboxylic acids is 1. The van der Waals surface area contributed by atoms with E-state index in [1.807, 2.05) is 25.1 Å². The lowest BCUT2D eigenvalue weighted by Gasteiger charge is -2.31. The van der Waals surface area contributed by atoms with Crippen LogP contribution in [-0.2, 0) is 14.8 Å². The number of piperazine rings is 1. The van der Waals surface area contributed by atoms with Crippen LogP contribution in [0.5, 0.6) is 0 Å². The Morgan fingerprint density at radius 3 is 2.14 bits per heavy atom. The van der Waals surface area contributed by atoms with E-state index in [2.05, 4.69) is 34.1 Å². The van der Waals surface area contributed by atoms with Crippen LogP contribution < -0.4 is 20.3 Å². The van der Waals surface area contributed by atoms with E-state index >= 15 is 0 Å². The topological polar surface area (TPSA) is 128 Å². The number of sulfonamides is 1. The molecule has 2 aromatic rings. The highest BCUT2D eigenvalue weighted by molar-refractivity contribution is 7.92. The molecule has 1 heterocycles. The number of benzene rings is 2. The summed E-state index contributed by atoms with van der Waals surface area (Å²) in [6.07, 6.45) is -5.08. The number of halogens is 3. The molecular formula is C24H31F3N4O5S. The summed E-state index contributed by atoms with van der Waals surface area (Å²) in [6, 6.07) is 12.1. The molecule has 0 unspecified atom stereocenters. The van der Waals surface area contributed by atoms with Crippen molar-refractivity contribution < 1.29 is 36.3 Å². The van der Waals surface area contributed by atoms with E-state index in [1.54, 1.807) is 24.3 Å². The van der Waals surface area contributed by atoms with Crippen molar-refractivity contribution in [3.63, 3.8) is 0 Å². The summed E-state index contributed by atoms with van der Waals surface area (Å²) < 4.78 is 60.6. The second kappa shape index (κ2) is 12.8. The quantitative estimate of drug-likeness (QED) is 0.421. The Morgan fingerprint density at radius 2 is 1.65 bits per heavy atom. The number of anilines is 2. The molecule has 0 radical (unpaired) electrons. The number of carboxylic acids is 1. The summed E-state index contributed by atoms with van der Waals surface area (Å²) in [4.78, 5) is 23.5. The number of amides is 1. The van der Waals surface area contributed by atoms with Gasteiger partial charge in [-0.2, -0.15) is 13.2 Å². The van der Waals surface area contributed by atoms with Gasteiger partial charge in [0.2, 0.25) is 0 Å². The van der Waals surface area contributed by atoms with Crippen molar-refractivity contribution >= 4 is 33.3 Å². The van der Waals surface area contributed by atoms with Crippen LogP contribution in [0.1, 0.15) is 42.6 Å². The van der Waals surface area contributed by atoms with Crippen LogP contribution in [0, 0.1) is 0 Å². The number of nitrogens with one attached hydrogen (secondary N) is 3. The van der Waals surface area contributed by atoms with E-state index in [0.717, 1.165) is 37.4 Å². The number of alkyl halides is 3. The van der Waals surface area contributed by atoms with Gasteiger partial charge in [0.05, 0.1) is 16.3 Å². The van der Waals surface area contributed by atoms with E-state index in [4.69, 9.17) is 9.90 Å². The number of carbonyl (C=O) groups is 2. The third-order valence-corrected chi connectivity index (χ3v) is 6.78.